The third kappa shape index (κ3) is 2.31. The molecule has 1 N–H and O–H groups in total. The predicted octanol–water partition coefficient (Wildman–Crippen LogP) is 2.69. The summed E-state index contributed by atoms with van der Waals surface area (Å²) in [7, 11) is 0. The van der Waals surface area contributed by atoms with Crippen molar-refractivity contribution in [2.24, 2.45) is 0 Å². The molecule has 0 aliphatic heterocycles. The fraction of sp³-hybridized carbons (Fsp3) is 0.462. The smallest absolute Gasteiger partial charge is 0.151 e. The minimum Gasteiger partial charge on any atom is -0.327 e. The Hall–Kier alpha value is -1.42. The number of halogens is 1. The summed E-state index contributed by atoms with van der Waals surface area (Å²) in [5.41, 5.74) is 1.35. The van der Waals surface area contributed by atoms with E-state index in [1.54, 1.807) is 6.07 Å². The lowest BCUT2D eigenvalue weighted by atomic mass is 10.3. The van der Waals surface area contributed by atoms with Crippen molar-refractivity contribution < 1.29 is 4.39 Å². The van der Waals surface area contributed by atoms with E-state index in [4.69, 9.17) is 0 Å². The second-order valence-electron chi connectivity index (χ2n) is 4.06. The molecular formula is C13H18FN3. The molecule has 3 nitrogen and oxygen atoms in total. The Labute approximate surface area is 101 Å². The van der Waals surface area contributed by atoms with Crippen molar-refractivity contribution in [2.45, 2.75) is 33.4 Å². The zero-order chi connectivity index (χ0) is 12.3. The number of nitrogens with zero attached hydrogens (tertiary/aromatic N) is 2. The van der Waals surface area contributed by atoms with Gasteiger partial charge in [-0.05, 0) is 32.0 Å². The predicted molar refractivity (Wildman–Crippen MR) is 67.4 cm³/mol. The Morgan fingerprint density at radius 2 is 2.18 bits per heavy atom. The zero-order valence-corrected chi connectivity index (χ0v) is 10.3. The molecule has 0 amide bonds. The molecule has 0 bridgehead atoms. The summed E-state index contributed by atoms with van der Waals surface area (Å²) in [4.78, 5) is 4.38. The number of rotatable bonds is 5. The number of hydrogen-bond acceptors (Lipinski definition) is 2. The van der Waals surface area contributed by atoms with Gasteiger partial charge in [0, 0.05) is 6.54 Å². The summed E-state index contributed by atoms with van der Waals surface area (Å²) < 4.78 is 15.7. The van der Waals surface area contributed by atoms with Gasteiger partial charge >= 0.3 is 0 Å². The average molecular weight is 235 g/mol. The number of nitrogens with one attached hydrogen (secondary N) is 1. The minimum absolute atomic E-state index is 0.244. The fourth-order valence-corrected chi connectivity index (χ4v) is 2.03. The second-order valence-corrected chi connectivity index (χ2v) is 4.06. The van der Waals surface area contributed by atoms with Gasteiger partial charge in [-0.3, -0.25) is 0 Å². The number of aromatic nitrogens is 2. The maximum absolute atomic E-state index is 13.6. The van der Waals surface area contributed by atoms with E-state index in [0.717, 1.165) is 30.9 Å². The normalized spacial score (nSPS) is 11.2. The lowest BCUT2D eigenvalue weighted by Gasteiger charge is -2.06. The summed E-state index contributed by atoms with van der Waals surface area (Å²) in [6.07, 6.45) is 1.08. The van der Waals surface area contributed by atoms with Crippen molar-refractivity contribution >= 4 is 11.0 Å². The van der Waals surface area contributed by atoms with Gasteiger partial charge in [0.25, 0.3) is 0 Å². The van der Waals surface area contributed by atoms with E-state index in [0.29, 0.717) is 12.1 Å². The van der Waals surface area contributed by atoms with Crippen LogP contribution in [0.2, 0.25) is 0 Å². The first kappa shape index (κ1) is 12.0. The van der Waals surface area contributed by atoms with Gasteiger partial charge in [0.05, 0.1) is 12.1 Å². The summed E-state index contributed by atoms with van der Waals surface area (Å²) in [6.45, 7) is 6.62. The Kier molecular flexibility index (Phi) is 3.74. The van der Waals surface area contributed by atoms with Crippen molar-refractivity contribution in [1.29, 1.82) is 0 Å². The van der Waals surface area contributed by atoms with E-state index in [2.05, 4.69) is 28.7 Å². The summed E-state index contributed by atoms with van der Waals surface area (Å²) in [5.74, 6) is 0.660. The van der Waals surface area contributed by atoms with Gasteiger partial charge in [0.1, 0.15) is 11.3 Å². The highest BCUT2D eigenvalue weighted by atomic mass is 19.1. The Balaban J connectivity index is 2.38. The highest BCUT2D eigenvalue weighted by molar-refractivity contribution is 5.76. The van der Waals surface area contributed by atoms with E-state index < -0.39 is 0 Å². The fourth-order valence-electron chi connectivity index (χ4n) is 2.03. The van der Waals surface area contributed by atoms with Crippen LogP contribution >= 0.6 is 0 Å². The van der Waals surface area contributed by atoms with Crippen molar-refractivity contribution in [3.63, 3.8) is 0 Å². The highest BCUT2D eigenvalue weighted by Crippen LogP contribution is 2.19. The number of aryl methyl sites for hydroxylation is 1. The second kappa shape index (κ2) is 5.27. The van der Waals surface area contributed by atoms with Crippen LogP contribution in [0.25, 0.3) is 11.0 Å². The maximum atomic E-state index is 13.6. The molecule has 1 heterocycles. The van der Waals surface area contributed by atoms with E-state index in [1.807, 2.05) is 6.07 Å². The van der Waals surface area contributed by atoms with Gasteiger partial charge in [0.15, 0.2) is 5.82 Å². The van der Waals surface area contributed by atoms with E-state index in [-0.39, 0.29) is 5.82 Å². The molecule has 0 radical (unpaired) electrons. The molecule has 0 aliphatic carbocycles. The van der Waals surface area contributed by atoms with Crippen LogP contribution in [-0.4, -0.2) is 16.1 Å². The van der Waals surface area contributed by atoms with Gasteiger partial charge < -0.3 is 9.88 Å². The van der Waals surface area contributed by atoms with Gasteiger partial charge in [0.2, 0.25) is 0 Å². The zero-order valence-electron chi connectivity index (χ0n) is 10.3. The molecule has 4 heteroatoms. The van der Waals surface area contributed by atoms with Crippen LogP contribution in [0.15, 0.2) is 18.2 Å². The summed E-state index contributed by atoms with van der Waals surface area (Å²) in [6, 6.07) is 5.10. The van der Waals surface area contributed by atoms with Crippen LogP contribution in [0.1, 0.15) is 26.1 Å². The third-order valence-corrected chi connectivity index (χ3v) is 2.83. The first-order valence-corrected chi connectivity index (χ1v) is 6.12. The van der Waals surface area contributed by atoms with Crippen LogP contribution in [0.5, 0.6) is 0 Å². The molecular weight excluding hydrogens is 217 g/mol. The lowest BCUT2D eigenvalue weighted by molar-refractivity contribution is 0.614. The number of benzene rings is 1. The molecule has 2 aromatic rings. The minimum atomic E-state index is -0.244. The molecule has 0 atom stereocenters. The largest absolute Gasteiger partial charge is 0.327 e. The molecule has 0 unspecified atom stereocenters. The number of imidazole rings is 1. The third-order valence-electron chi connectivity index (χ3n) is 2.83. The SMILES string of the molecule is CCCNCc1nc2c(F)cccc2n1CC. The first-order chi connectivity index (χ1) is 8.27. The molecule has 92 valence electrons. The topological polar surface area (TPSA) is 29.9 Å². The number of fused-ring (bicyclic) bond motifs is 1. The monoisotopic (exact) mass is 235 g/mol. The Morgan fingerprint density at radius 3 is 2.88 bits per heavy atom. The average Bonchev–Trinajstić information content (AvgIpc) is 2.69. The molecule has 0 spiro atoms. The number of hydrogen-bond donors (Lipinski definition) is 1. The first-order valence-electron chi connectivity index (χ1n) is 6.12. The van der Waals surface area contributed by atoms with Gasteiger partial charge in [-0.1, -0.05) is 13.0 Å². The molecule has 2 rings (SSSR count). The van der Waals surface area contributed by atoms with Crippen LogP contribution < -0.4 is 5.32 Å². The van der Waals surface area contributed by atoms with Crippen LogP contribution in [0.4, 0.5) is 4.39 Å². The molecule has 17 heavy (non-hydrogen) atoms. The molecule has 0 saturated heterocycles. The highest BCUT2D eigenvalue weighted by Gasteiger charge is 2.11. The Morgan fingerprint density at radius 1 is 1.35 bits per heavy atom. The molecule has 1 aromatic carbocycles. The van der Waals surface area contributed by atoms with E-state index >= 15 is 0 Å². The summed E-state index contributed by atoms with van der Waals surface area (Å²) in [5, 5.41) is 3.30. The van der Waals surface area contributed by atoms with Crippen molar-refractivity contribution in [1.82, 2.24) is 14.9 Å². The quantitative estimate of drug-likeness (QED) is 0.807. The van der Waals surface area contributed by atoms with Crippen molar-refractivity contribution in [2.75, 3.05) is 6.54 Å². The van der Waals surface area contributed by atoms with Crippen molar-refractivity contribution in [3.8, 4) is 0 Å². The lowest BCUT2D eigenvalue weighted by Crippen LogP contribution is -2.17. The molecule has 0 saturated carbocycles. The van der Waals surface area contributed by atoms with Gasteiger partial charge in [-0.25, -0.2) is 9.37 Å². The summed E-state index contributed by atoms with van der Waals surface area (Å²) >= 11 is 0. The van der Waals surface area contributed by atoms with Gasteiger partial charge in [-0.2, -0.15) is 0 Å². The van der Waals surface area contributed by atoms with E-state index in [1.165, 1.54) is 6.07 Å². The van der Waals surface area contributed by atoms with Crippen LogP contribution in [0, 0.1) is 5.82 Å². The standard InChI is InChI=1S/C13H18FN3/c1-3-8-15-9-12-16-13-10(14)6-5-7-11(13)17(12)4-2/h5-7,15H,3-4,8-9H2,1-2H3. The van der Waals surface area contributed by atoms with E-state index in [9.17, 15) is 4.39 Å². The number of para-hydroxylation sites is 1. The Bertz CT molecular complexity index is 505. The maximum Gasteiger partial charge on any atom is 0.151 e. The van der Waals surface area contributed by atoms with Crippen molar-refractivity contribution in [3.05, 3.63) is 29.8 Å². The molecule has 0 aliphatic rings. The van der Waals surface area contributed by atoms with Crippen LogP contribution in [-0.2, 0) is 13.1 Å². The molecule has 0 fully saturated rings. The van der Waals surface area contributed by atoms with Crippen LogP contribution in [0.3, 0.4) is 0 Å². The molecule has 1 aromatic heterocycles. The van der Waals surface area contributed by atoms with Gasteiger partial charge in [-0.15, -0.1) is 0 Å².